The molecular weight excluding hydrogens is 259 g/mol. The zero-order valence-electron chi connectivity index (χ0n) is 5.31. The Labute approximate surface area is 84.7 Å². The van der Waals surface area contributed by atoms with Crippen LogP contribution in [0.25, 0.3) is 0 Å². The standard InChI is InChI=1S/C7H5ClO2.Ag/c8-6-4-2-1-3-5(6)7(9)10;/h1-4H,(H,9,10);/q;+1/p-1. The van der Waals surface area contributed by atoms with Crippen molar-refractivity contribution in [3.05, 3.63) is 34.9 Å². The van der Waals surface area contributed by atoms with E-state index >= 15 is 0 Å². The average molecular weight is 263 g/mol. The van der Waals surface area contributed by atoms with E-state index in [4.69, 9.17) is 11.6 Å². The smallest absolute Gasteiger partial charge is 0.545 e. The summed E-state index contributed by atoms with van der Waals surface area (Å²) in [5, 5.41) is 10.4. The molecule has 4 heteroatoms. The van der Waals surface area contributed by atoms with Crippen LogP contribution in [0, 0.1) is 0 Å². The van der Waals surface area contributed by atoms with E-state index in [9.17, 15) is 9.90 Å². The first-order chi connectivity index (χ1) is 4.72. The molecule has 1 aromatic carbocycles. The first-order valence-corrected chi connectivity index (χ1v) is 3.05. The number of benzene rings is 1. The fourth-order valence-corrected chi connectivity index (χ4v) is 0.840. The van der Waals surface area contributed by atoms with Crippen LogP contribution in [0.2, 0.25) is 5.02 Å². The number of carboxylic acid groups (broad SMARTS) is 1. The monoisotopic (exact) mass is 262 g/mol. The van der Waals surface area contributed by atoms with Gasteiger partial charge in [0.15, 0.2) is 0 Å². The molecule has 11 heavy (non-hydrogen) atoms. The molecule has 2 nitrogen and oxygen atoms in total. The predicted molar refractivity (Wildman–Crippen MR) is 35.8 cm³/mol. The molecule has 0 fully saturated rings. The van der Waals surface area contributed by atoms with Crippen LogP contribution in [-0.2, 0) is 22.4 Å². The fraction of sp³-hybridized carbons (Fsp3) is 0. The zero-order chi connectivity index (χ0) is 7.56. The van der Waals surface area contributed by atoms with Crippen LogP contribution >= 0.6 is 11.6 Å². The zero-order valence-corrected chi connectivity index (χ0v) is 7.54. The van der Waals surface area contributed by atoms with Crippen molar-refractivity contribution < 1.29 is 32.3 Å². The number of hydrogen-bond donors (Lipinski definition) is 0. The minimum Gasteiger partial charge on any atom is -0.545 e. The van der Waals surface area contributed by atoms with E-state index < -0.39 is 5.97 Å². The van der Waals surface area contributed by atoms with E-state index in [0.717, 1.165) is 0 Å². The maximum Gasteiger partial charge on any atom is 1.00 e. The first kappa shape index (κ1) is 10.7. The minimum absolute atomic E-state index is 0. The second-order valence-corrected chi connectivity index (χ2v) is 2.17. The summed E-state index contributed by atoms with van der Waals surface area (Å²) in [6.45, 7) is 0. The first-order valence-electron chi connectivity index (χ1n) is 2.67. The van der Waals surface area contributed by atoms with Crippen LogP contribution in [0.3, 0.4) is 0 Å². The molecule has 0 bridgehead atoms. The molecule has 62 valence electrons. The van der Waals surface area contributed by atoms with Gasteiger partial charge in [0.2, 0.25) is 0 Å². The summed E-state index contributed by atoms with van der Waals surface area (Å²) in [5.74, 6) is -1.24. The summed E-state index contributed by atoms with van der Waals surface area (Å²) in [7, 11) is 0. The third-order valence-electron chi connectivity index (χ3n) is 1.09. The molecule has 0 saturated carbocycles. The molecule has 0 spiro atoms. The topological polar surface area (TPSA) is 40.1 Å². The van der Waals surface area contributed by atoms with Crippen molar-refractivity contribution in [2.24, 2.45) is 0 Å². The molecule has 1 rings (SSSR count). The number of aromatic carboxylic acids is 1. The van der Waals surface area contributed by atoms with E-state index in [1.807, 2.05) is 0 Å². The normalized spacial score (nSPS) is 8.45. The molecule has 0 saturated heterocycles. The van der Waals surface area contributed by atoms with Crippen molar-refractivity contribution in [3.63, 3.8) is 0 Å². The fourth-order valence-electron chi connectivity index (χ4n) is 0.627. The number of carbonyl (C=O) groups is 1. The Bertz CT molecular complexity index is 262. The largest absolute Gasteiger partial charge is 1.00 e. The van der Waals surface area contributed by atoms with Gasteiger partial charge in [-0.2, -0.15) is 0 Å². The number of carboxylic acids is 1. The van der Waals surface area contributed by atoms with Gasteiger partial charge in [0.25, 0.3) is 0 Å². The Morgan fingerprint density at radius 1 is 1.36 bits per heavy atom. The van der Waals surface area contributed by atoms with E-state index in [1.165, 1.54) is 12.1 Å². The van der Waals surface area contributed by atoms with Gasteiger partial charge < -0.3 is 9.90 Å². The van der Waals surface area contributed by atoms with Crippen molar-refractivity contribution in [1.29, 1.82) is 0 Å². The van der Waals surface area contributed by atoms with E-state index in [-0.39, 0.29) is 33.0 Å². The SMILES string of the molecule is O=C([O-])c1ccccc1Cl.[Ag+]. The van der Waals surface area contributed by atoms with Gasteiger partial charge in [0.05, 0.1) is 5.97 Å². The van der Waals surface area contributed by atoms with Gasteiger partial charge in [-0.3, -0.25) is 0 Å². The van der Waals surface area contributed by atoms with Crippen molar-refractivity contribution in [1.82, 2.24) is 0 Å². The van der Waals surface area contributed by atoms with Gasteiger partial charge in [0.1, 0.15) is 0 Å². The Morgan fingerprint density at radius 2 is 1.91 bits per heavy atom. The van der Waals surface area contributed by atoms with Gasteiger partial charge in [-0.15, -0.1) is 0 Å². The number of carbonyl (C=O) groups excluding carboxylic acids is 1. The van der Waals surface area contributed by atoms with E-state index in [2.05, 4.69) is 0 Å². The molecule has 0 unspecified atom stereocenters. The Morgan fingerprint density at radius 3 is 2.27 bits per heavy atom. The van der Waals surface area contributed by atoms with Crippen molar-refractivity contribution >= 4 is 17.6 Å². The quantitative estimate of drug-likeness (QED) is 0.700. The molecule has 0 aliphatic rings. The van der Waals surface area contributed by atoms with Crippen LogP contribution < -0.4 is 5.11 Å². The molecule has 1 aromatic rings. The Kier molecular flexibility index (Phi) is 4.45. The van der Waals surface area contributed by atoms with Crippen molar-refractivity contribution in [2.45, 2.75) is 0 Å². The van der Waals surface area contributed by atoms with E-state index in [1.54, 1.807) is 12.1 Å². The number of rotatable bonds is 1. The summed E-state index contributed by atoms with van der Waals surface area (Å²) in [6, 6.07) is 6.16. The minimum atomic E-state index is -1.24. The number of hydrogen-bond acceptors (Lipinski definition) is 2. The molecular formula is C7H4AgClO2. The van der Waals surface area contributed by atoms with Gasteiger partial charge in [-0.1, -0.05) is 29.8 Å². The van der Waals surface area contributed by atoms with Gasteiger partial charge in [0, 0.05) is 10.6 Å². The summed E-state index contributed by atoms with van der Waals surface area (Å²) in [4.78, 5) is 10.2. The molecule has 0 aliphatic carbocycles. The summed E-state index contributed by atoms with van der Waals surface area (Å²) in [5.41, 5.74) is 0.0316. The second kappa shape index (κ2) is 4.57. The van der Waals surface area contributed by atoms with Gasteiger partial charge in [-0.05, 0) is 6.07 Å². The second-order valence-electron chi connectivity index (χ2n) is 1.77. The maximum atomic E-state index is 10.2. The van der Waals surface area contributed by atoms with Crippen LogP contribution in [0.1, 0.15) is 10.4 Å². The van der Waals surface area contributed by atoms with Crippen LogP contribution in [0.15, 0.2) is 24.3 Å². The van der Waals surface area contributed by atoms with E-state index in [0.29, 0.717) is 0 Å². The molecule has 0 amide bonds. The van der Waals surface area contributed by atoms with Crippen LogP contribution in [0.5, 0.6) is 0 Å². The number of halogens is 1. The summed E-state index contributed by atoms with van der Waals surface area (Å²) >= 11 is 5.50. The molecule has 0 aromatic heterocycles. The van der Waals surface area contributed by atoms with Crippen molar-refractivity contribution in [2.75, 3.05) is 0 Å². The molecule has 0 heterocycles. The average Bonchev–Trinajstić information content (AvgIpc) is 1.88. The Hall–Kier alpha value is -0.280. The Balaban J connectivity index is 0.000001000. The maximum absolute atomic E-state index is 10.2. The molecule has 0 N–H and O–H groups in total. The van der Waals surface area contributed by atoms with Crippen LogP contribution in [-0.4, -0.2) is 5.97 Å². The van der Waals surface area contributed by atoms with Gasteiger partial charge >= 0.3 is 22.4 Å². The molecule has 0 radical (unpaired) electrons. The third kappa shape index (κ3) is 2.67. The third-order valence-corrected chi connectivity index (χ3v) is 1.42. The summed E-state index contributed by atoms with van der Waals surface area (Å²) in [6.07, 6.45) is 0. The van der Waals surface area contributed by atoms with Crippen molar-refractivity contribution in [3.8, 4) is 0 Å². The molecule has 0 atom stereocenters. The molecule has 0 aliphatic heterocycles. The van der Waals surface area contributed by atoms with Crippen LogP contribution in [0.4, 0.5) is 0 Å². The predicted octanol–water partition coefficient (Wildman–Crippen LogP) is 0.701. The summed E-state index contributed by atoms with van der Waals surface area (Å²) < 4.78 is 0. The van der Waals surface area contributed by atoms with Gasteiger partial charge in [-0.25, -0.2) is 0 Å².